The number of carbonyl (C=O) groups excluding carboxylic acids is 3. The maximum absolute atomic E-state index is 13.1. The van der Waals surface area contributed by atoms with E-state index in [0.29, 0.717) is 31.5 Å². The third-order valence-corrected chi connectivity index (χ3v) is 5.96. The molecule has 36 heavy (non-hydrogen) atoms. The molecule has 0 aliphatic carbocycles. The second kappa shape index (κ2) is 13.4. The van der Waals surface area contributed by atoms with Gasteiger partial charge in [-0.05, 0) is 31.6 Å². The number of guanidine groups is 1. The van der Waals surface area contributed by atoms with Crippen LogP contribution in [0.2, 0.25) is 0 Å². The molecule has 1 fully saturated rings. The summed E-state index contributed by atoms with van der Waals surface area (Å²) in [5.74, 6) is -3.11. The first-order valence-electron chi connectivity index (χ1n) is 11.9. The van der Waals surface area contributed by atoms with Crippen molar-refractivity contribution in [2.24, 2.45) is 28.1 Å². The number of hydrogen-bond acceptors (Lipinski definition) is 7. The van der Waals surface area contributed by atoms with Crippen molar-refractivity contribution >= 4 is 29.7 Å². The Morgan fingerprint density at radius 3 is 2.58 bits per heavy atom. The van der Waals surface area contributed by atoms with Gasteiger partial charge in [-0.2, -0.15) is 0 Å². The number of hydrogen-bond donors (Lipinski definition) is 7. The van der Waals surface area contributed by atoms with Crippen molar-refractivity contribution in [2.45, 2.75) is 70.1 Å². The van der Waals surface area contributed by atoms with E-state index in [9.17, 15) is 24.3 Å². The van der Waals surface area contributed by atoms with Crippen molar-refractivity contribution < 1.29 is 24.3 Å². The molecule has 0 spiro atoms. The summed E-state index contributed by atoms with van der Waals surface area (Å²) in [5, 5.41) is 14.7. The van der Waals surface area contributed by atoms with Crippen molar-refractivity contribution in [2.75, 3.05) is 13.1 Å². The van der Waals surface area contributed by atoms with Crippen LogP contribution in [0.25, 0.3) is 0 Å². The standard InChI is InChI=1S/C22H37N9O5/c1-12(2)17(19(33)29-15(21(35)36)5-3-7-27-22(24)25)30-18(32)16-6-4-8-31(16)20(34)14(23)9-13-10-26-11-28-13/h10-12,14-17H,3-9,23H2,1-2H3,(H,26,28)(H,29,33)(H,30,32)(H,35,36)(H4,24,25,27). The Morgan fingerprint density at radius 1 is 1.28 bits per heavy atom. The van der Waals surface area contributed by atoms with Crippen LogP contribution in [0.15, 0.2) is 17.5 Å². The molecule has 14 heteroatoms. The van der Waals surface area contributed by atoms with Crippen LogP contribution in [0, 0.1) is 5.92 Å². The molecular formula is C22H37N9O5. The summed E-state index contributed by atoms with van der Waals surface area (Å²) in [5.41, 5.74) is 17.3. The number of H-pyrrole nitrogens is 1. The van der Waals surface area contributed by atoms with Gasteiger partial charge in [0.1, 0.15) is 18.1 Å². The molecule has 0 radical (unpaired) electrons. The number of carbonyl (C=O) groups is 4. The van der Waals surface area contributed by atoms with Crippen LogP contribution < -0.4 is 27.8 Å². The Balaban J connectivity index is 2.00. The average molecular weight is 508 g/mol. The van der Waals surface area contributed by atoms with Crippen LogP contribution in [0.4, 0.5) is 0 Å². The fourth-order valence-corrected chi connectivity index (χ4v) is 4.04. The molecule has 200 valence electrons. The summed E-state index contributed by atoms with van der Waals surface area (Å²) in [6.45, 7) is 4.07. The fraction of sp³-hybridized carbons (Fsp3) is 0.636. The number of carboxylic acid groups (broad SMARTS) is 1. The molecule has 2 heterocycles. The second-order valence-corrected chi connectivity index (χ2v) is 9.16. The van der Waals surface area contributed by atoms with Crippen molar-refractivity contribution in [3.05, 3.63) is 18.2 Å². The largest absolute Gasteiger partial charge is 0.480 e. The van der Waals surface area contributed by atoms with Gasteiger partial charge in [-0.25, -0.2) is 9.78 Å². The quantitative estimate of drug-likeness (QED) is 0.0889. The number of nitrogens with zero attached hydrogens (tertiary/aromatic N) is 3. The van der Waals surface area contributed by atoms with Gasteiger partial charge >= 0.3 is 5.97 Å². The highest BCUT2D eigenvalue weighted by atomic mass is 16.4. The molecule has 1 aromatic rings. The molecule has 0 aromatic carbocycles. The molecule has 4 atom stereocenters. The van der Waals surface area contributed by atoms with Crippen LogP contribution in [0.5, 0.6) is 0 Å². The first kappa shape index (κ1) is 28.6. The maximum Gasteiger partial charge on any atom is 0.326 e. The smallest absolute Gasteiger partial charge is 0.326 e. The summed E-state index contributed by atoms with van der Waals surface area (Å²) in [6, 6.07) is -3.78. The topological polar surface area (TPSA) is 235 Å². The molecule has 1 aliphatic heterocycles. The summed E-state index contributed by atoms with van der Waals surface area (Å²) < 4.78 is 0. The van der Waals surface area contributed by atoms with Crippen LogP contribution in [0.3, 0.4) is 0 Å². The number of rotatable bonds is 13. The normalized spacial score (nSPS) is 17.8. The van der Waals surface area contributed by atoms with E-state index in [1.165, 1.54) is 11.2 Å². The second-order valence-electron chi connectivity index (χ2n) is 9.16. The maximum atomic E-state index is 13.1. The summed E-state index contributed by atoms with van der Waals surface area (Å²) >= 11 is 0. The lowest BCUT2D eigenvalue weighted by atomic mass is 10.0. The highest BCUT2D eigenvalue weighted by Gasteiger charge is 2.38. The average Bonchev–Trinajstić information content (AvgIpc) is 3.50. The highest BCUT2D eigenvalue weighted by Crippen LogP contribution is 2.20. The molecule has 2 rings (SSSR count). The molecule has 1 saturated heterocycles. The van der Waals surface area contributed by atoms with E-state index < -0.39 is 42.0 Å². The number of amides is 3. The lowest BCUT2D eigenvalue weighted by molar-refractivity contribution is -0.143. The summed E-state index contributed by atoms with van der Waals surface area (Å²) in [7, 11) is 0. The van der Waals surface area contributed by atoms with E-state index in [-0.39, 0.29) is 37.2 Å². The number of nitrogens with one attached hydrogen (secondary N) is 3. The molecule has 14 nitrogen and oxygen atoms in total. The molecule has 10 N–H and O–H groups in total. The zero-order valence-corrected chi connectivity index (χ0v) is 20.6. The predicted octanol–water partition coefficient (Wildman–Crippen LogP) is -1.97. The Labute approximate surface area is 209 Å². The number of carboxylic acids is 1. The van der Waals surface area contributed by atoms with E-state index >= 15 is 0 Å². The van der Waals surface area contributed by atoms with Gasteiger partial charge in [0.15, 0.2) is 5.96 Å². The van der Waals surface area contributed by atoms with Gasteiger partial charge in [0.2, 0.25) is 17.7 Å². The fourth-order valence-electron chi connectivity index (χ4n) is 4.04. The first-order valence-corrected chi connectivity index (χ1v) is 11.9. The van der Waals surface area contributed by atoms with E-state index in [4.69, 9.17) is 17.2 Å². The molecule has 1 aromatic heterocycles. The van der Waals surface area contributed by atoms with Crippen molar-refractivity contribution in [1.82, 2.24) is 25.5 Å². The number of aromatic nitrogens is 2. The number of nitrogens with two attached hydrogens (primary N) is 3. The summed E-state index contributed by atoms with van der Waals surface area (Å²) in [4.78, 5) is 62.7. The van der Waals surface area contributed by atoms with Crippen LogP contribution in [0.1, 0.15) is 45.2 Å². The van der Waals surface area contributed by atoms with Gasteiger partial charge in [0.05, 0.1) is 12.4 Å². The Kier molecular flexibility index (Phi) is 10.6. The van der Waals surface area contributed by atoms with E-state index in [2.05, 4.69) is 25.6 Å². The van der Waals surface area contributed by atoms with E-state index in [1.807, 2.05) is 0 Å². The minimum atomic E-state index is -1.21. The Bertz CT molecular complexity index is 930. The van der Waals surface area contributed by atoms with Crippen LogP contribution in [-0.4, -0.2) is 86.9 Å². The minimum absolute atomic E-state index is 0.102. The van der Waals surface area contributed by atoms with Gasteiger partial charge < -0.3 is 42.8 Å². The molecule has 3 amide bonds. The van der Waals surface area contributed by atoms with Crippen molar-refractivity contribution in [1.29, 1.82) is 0 Å². The number of aliphatic imine (C=N–C) groups is 1. The van der Waals surface area contributed by atoms with Gasteiger partial charge in [0.25, 0.3) is 0 Å². The van der Waals surface area contributed by atoms with Crippen LogP contribution in [-0.2, 0) is 25.6 Å². The predicted molar refractivity (Wildman–Crippen MR) is 131 cm³/mol. The summed E-state index contributed by atoms with van der Waals surface area (Å²) in [6.07, 6.45) is 4.83. The van der Waals surface area contributed by atoms with E-state index in [1.54, 1.807) is 20.0 Å². The number of aromatic amines is 1. The lowest BCUT2D eigenvalue weighted by Gasteiger charge is -2.29. The zero-order chi connectivity index (χ0) is 26.8. The zero-order valence-electron chi connectivity index (χ0n) is 20.6. The lowest BCUT2D eigenvalue weighted by Crippen LogP contribution is -2.58. The van der Waals surface area contributed by atoms with Crippen molar-refractivity contribution in [3.8, 4) is 0 Å². The monoisotopic (exact) mass is 507 g/mol. The van der Waals surface area contributed by atoms with Gasteiger partial charge in [0, 0.05) is 31.4 Å². The SMILES string of the molecule is CC(C)C(NC(=O)C1CCCN1C(=O)C(N)Cc1cnc[nH]1)C(=O)NC(CCCN=C(N)N)C(=O)O. The Morgan fingerprint density at radius 2 is 2.00 bits per heavy atom. The Hall–Kier alpha value is -3.68. The highest BCUT2D eigenvalue weighted by molar-refractivity contribution is 5.94. The van der Waals surface area contributed by atoms with Crippen molar-refractivity contribution in [3.63, 3.8) is 0 Å². The molecule has 1 aliphatic rings. The van der Waals surface area contributed by atoms with Gasteiger partial charge in [-0.1, -0.05) is 13.8 Å². The third kappa shape index (κ3) is 8.22. The van der Waals surface area contributed by atoms with Gasteiger partial charge in [-0.3, -0.25) is 19.4 Å². The van der Waals surface area contributed by atoms with E-state index in [0.717, 1.165) is 0 Å². The third-order valence-electron chi connectivity index (χ3n) is 5.96. The molecule has 4 unspecified atom stereocenters. The first-order chi connectivity index (χ1) is 17.0. The molecular weight excluding hydrogens is 470 g/mol. The number of imidazole rings is 1. The molecule has 0 saturated carbocycles. The number of likely N-dealkylation sites (tertiary alicyclic amines) is 1. The minimum Gasteiger partial charge on any atom is -0.480 e. The molecule has 0 bridgehead atoms. The van der Waals surface area contributed by atoms with Crippen LogP contribution >= 0.6 is 0 Å². The van der Waals surface area contributed by atoms with Gasteiger partial charge in [-0.15, -0.1) is 0 Å². The number of aliphatic carboxylic acids is 1.